The number of imidazole rings is 1. The minimum Gasteiger partial charge on any atom is -0.468 e. The quantitative estimate of drug-likeness (QED) is 0.219. The van der Waals surface area contributed by atoms with E-state index < -0.39 is 5.97 Å². The lowest BCUT2D eigenvalue weighted by atomic mass is 10.1. The van der Waals surface area contributed by atoms with Crippen LogP contribution in [0.1, 0.15) is 26.2 Å². The third kappa shape index (κ3) is 4.89. The molecule has 9 nitrogen and oxygen atoms in total. The minimum atomic E-state index is -0.434. The van der Waals surface area contributed by atoms with Crippen molar-refractivity contribution in [3.05, 3.63) is 21.8 Å². The summed E-state index contributed by atoms with van der Waals surface area (Å²) in [5, 5.41) is 0.278. The summed E-state index contributed by atoms with van der Waals surface area (Å²) in [5.41, 5.74) is 0.286. The number of fused-ring (bicyclic) bond motifs is 1. The molecule has 160 valence electrons. The van der Waals surface area contributed by atoms with E-state index in [9.17, 15) is 9.59 Å². The smallest absolute Gasteiger partial charge is 0.316 e. The predicted octanol–water partition coefficient (Wildman–Crippen LogP) is 2.17. The summed E-state index contributed by atoms with van der Waals surface area (Å²) in [4.78, 5) is 39.4. The number of rotatable bonds is 6. The third-order valence-electron chi connectivity index (χ3n) is 4.62. The number of thioether (sulfide) groups is 1. The molecule has 0 unspecified atom stereocenters. The van der Waals surface area contributed by atoms with Gasteiger partial charge in [0, 0.05) is 13.1 Å². The fraction of sp³-hybridized carbons (Fsp3) is 0.526. The molecule has 0 radical (unpaired) electrons. The molecule has 1 fully saturated rings. The number of ether oxygens (including phenoxy) is 1. The van der Waals surface area contributed by atoms with Crippen LogP contribution >= 0.6 is 24.2 Å². The summed E-state index contributed by atoms with van der Waals surface area (Å²) < 4.78 is 7.73. The van der Waals surface area contributed by atoms with Gasteiger partial charge >= 0.3 is 5.97 Å². The van der Waals surface area contributed by atoms with Gasteiger partial charge in [0.25, 0.3) is 12.2 Å². The summed E-state index contributed by atoms with van der Waals surface area (Å²) in [5.74, 6) is 6.10. The van der Waals surface area contributed by atoms with E-state index in [1.54, 1.807) is 11.5 Å². The predicted molar refractivity (Wildman–Crippen MR) is 118 cm³/mol. The van der Waals surface area contributed by atoms with E-state index in [0.29, 0.717) is 23.7 Å². The van der Waals surface area contributed by atoms with Crippen molar-refractivity contribution in [2.75, 3.05) is 30.9 Å². The summed E-state index contributed by atoms with van der Waals surface area (Å²) >= 11 is 1.06. The summed E-state index contributed by atoms with van der Waals surface area (Å²) in [7, 11) is 1.30. The first-order chi connectivity index (χ1) is 14.1. The van der Waals surface area contributed by atoms with Crippen LogP contribution in [0.15, 0.2) is 9.95 Å². The molecule has 1 aliphatic heterocycles. The Balaban J connectivity index is 0.00000320. The van der Waals surface area contributed by atoms with Gasteiger partial charge in [-0.05, 0) is 26.2 Å². The summed E-state index contributed by atoms with van der Waals surface area (Å²) in [6.07, 6.45) is 3.31. The Morgan fingerprint density at radius 1 is 1.27 bits per heavy atom. The average Bonchev–Trinajstić information content (AvgIpc) is 3.11. The second kappa shape index (κ2) is 10.9. The van der Waals surface area contributed by atoms with Crippen molar-refractivity contribution in [2.45, 2.75) is 44.6 Å². The normalized spacial score (nSPS) is 13.2. The van der Waals surface area contributed by atoms with Gasteiger partial charge in [0.1, 0.15) is 0 Å². The van der Waals surface area contributed by atoms with Crippen molar-refractivity contribution in [3.8, 4) is 11.8 Å². The fourth-order valence-corrected chi connectivity index (χ4v) is 4.03. The molecule has 0 spiro atoms. The van der Waals surface area contributed by atoms with Gasteiger partial charge in [-0.1, -0.05) is 17.7 Å². The molecule has 0 atom stereocenters. The monoisotopic (exact) mass is 450 g/mol. The van der Waals surface area contributed by atoms with E-state index in [-0.39, 0.29) is 35.5 Å². The first-order valence-electron chi connectivity index (χ1n) is 9.29. The summed E-state index contributed by atoms with van der Waals surface area (Å²) in [6, 6.07) is 0. The second-order valence-corrected chi connectivity index (χ2v) is 7.38. The molecule has 0 bridgehead atoms. The van der Waals surface area contributed by atoms with Crippen LogP contribution in [-0.2, 0) is 22.7 Å². The first kappa shape index (κ1) is 23.6. The Kier molecular flexibility index (Phi) is 8.58. The lowest BCUT2D eigenvalue weighted by molar-refractivity contribution is -0.137. The Hall–Kier alpha value is -2.69. The molecular weight excluding hydrogens is 428 g/mol. The molecule has 3 heterocycles. The molecule has 0 amide bonds. The van der Waals surface area contributed by atoms with Crippen molar-refractivity contribution in [1.29, 1.82) is 0 Å². The van der Waals surface area contributed by atoms with Crippen LogP contribution in [0.25, 0.3) is 16.0 Å². The van der Waals surface area contributed by atoms with Crippen LogP contribution in [0, 0.1) is 18.4 Å². The number of nitrogens with zero attached hydrogens (tertiary/aromatic N) is 6. The molecule has 0 aliphatic carbocycles. The lowest BCUT2D eigenvalue weighted by Gasteiger charge is -2.27. The van der Waals surface area contributed by atoms with Crippen LogP contribution in [0.3, 0.4) is 0 Å². The van der Waals surface area contributed by atoms with Gasteiger partial charge in [-0.3, -0.25) is 19.0 Å². The molecule has 30 heavy (non-hydrogen) atoms. The van der Waals surface area contributed by atoms with Gasteiger partial charge in [-0.25, -0.2) is 16.1 Å². The van der Waals surface area contributed by atoms with Crippen LogP contribution in [0.5, 0.6) is 0 Å². The number of hydrogen-bond acceptors (Lipinski definition) is 7. The maximum atomic E-state index is 13.3. The molecule has 2 aromatic heterocycles. The Morgan fingerprint density at radius 3 is 2.63 bits per heavy atom. The zero-order valence-electron chi connectivity index (χ0n) is 16.9. The molecule has 0 aromatic carbocycles. The highest BCUT2D eigenvalue weighted by molar-refractivity contribution is 7.99. The number of anilines is 1. The summed E-state index contributed by atoms with van der Waals surface area (Å²) in [6.45, 7) is 10.8. The van der Waals surface area contributed by atoms with E-state index in [1.165, 1.54) is 18.1 Å². The fourth-order valence-electron chi connectivity index (χ4n) is 3.21. The molecule has 1 saturated heterocycles. The highest BCUT2D eigenvalue weighted by atomic mass is 35.5. The zero-order chi connectivity index (χ0) is 20.8. The minimum absolute atomic E-state index is 0. The number of hydrogen-bond donors (Lipinski definition) is 0. The number of esters is 1. The van der Waals surface area contributed by atoms with Crippen molar-refractivity contribution in [2.24, 2.45) is 0 Å². The molecule has 11 heteroatoms. The van der Waals surface area contributed by atoms with Crippen molar-refractivity contribution >= 4 is 47.3 Å². The molecule has 0 N–H and O–H groups in total. The SMILES string of the molecule is Cl.[C-]#[N+]Cn1c(SCC(=O)OC)nc2nc(N3CCCCC3)n(CC#CC)c2c1=O. The number of piperidine rings is 1. The average molecular weight is 451 g/mol. The van der Waals surface area contributed by atoms with Gasteiger partial charge in [-0.2, -0.15) is 4.98 Å². The Bertz CT molecular complexity index is 1070. The van der Waals surface area contributed by atoms with Gasteiger partial charge in [0.05, 0.1) is 19.4 Å². The number of aromatic nitrogens is 4. The number of carbonyl (C=O) groups excluding carboxylic acids is 1. The highest BCUT2D eigenvalue weighted by Gasteiger charge is 2.24. The molecular formula is C19H23ClN6O3S. The standard InChI is InChI=1S/C19H22N6O3S.ClH/c1-4-5-11-24-15-16(21-18(24)23-9-7-6-8-10-23)22-19(29-12-14(26)28-3)25(13-20-2)17(15)27;/h6-13H2,1,3H3;1H. The van der Waals surface area contributed by atoms with Gasteiger partial charge in [0.15, 0.2) is 16.3 Å². The topological polar surface area (TPSA) is 86.6 Å². The van der Waals surface area contributed by atoms with E-state index in [4.69, 9.17) is 6.57 Å². The zero-order valence-corrected chi connectivity index (χ0v) is 18.5. The van der Waals surface area contributed by atoms with E-state index in [0.717, 1.165) is 37.7 Å². The second-order valence-electron chi connectivity index (χ2n) is 6.44. The Morgan fingerprint density at radius 2 is 2.00 bits per heavy atom. The van der Waals surface area contributed by atoms with Crippen molar-refractivity contribution in [1.82, 2.24) is 19.1 Å². The van der Waals surface area contributed by atoms with E-state index in [2.05, 4.69) is 36.3 Å². The number of methoxy groups -OCH3 is 1. The van der Waals surface area contributed by atoms with Crippen LogP contribution < -0.4 is 10.5 Å². The van der Waals surface area contributed by atoms with Crippen LogP contribution in [-0.4, -0.2) is 51.0 Å². The molecule has 1 aliphatic rings. The van der Waals surface area contributed by atoms with Crippen molar-refractivity contribution < 1.29 is 9.53 Å². The molecule has 3 rings (SSSR count). The first-order valence-corrected chi connectivity index (χ1v) is 10.3. The molecule has 0 saturated carbocycles. The largest absolute Gasteiger partial charge is 0.468 e. The van der Waals surface area contributed by atoms with Crippen molar-refractivity contribution in [3.63, 3.8) is 0 Å². The van der Waals surface area contributed by atoms with Crippen LogP contribution in [0.4, 0.5) is 5.95 Å². The number of carbonyl (C=O) groups is 1. The molecule has 2 aromatic rings. The number of halogens is 1. The third-order valence-corrected chi connectivity index (χ3v) is 5.57. The van der Waals surface area contributed by atoms with E-state index >= 15 is 0 Å². The van der Waals surface area contributed by atoms with Gasteiger partial charge in [0.2, 0.25) is 5.95 Å². The van der Waals surface area contributed by atoms with Gasteiger partial charge in [-0.15, -0.1) is 18.3 Å². The highest BCUT2D eigenvalue weighted by Crippen LogP contribution is 2.25. The Labute approximate surface area is 185 Å². The van der Waals surface area contributed by atoms with E-state index in [1.807, 2.05) is 0 Å². The maximum Gasteiger partial charge on any atom is 0.316 e. The maximum absolute atomic E-state index is 13.3. The van der Waals surface area contributed by atoms with Gasteiger partial charge < -0.3 is 9.64 Å². The lowest BCUT2D eigenvalue weighted by Crippen LogP contribution is -2.32. The van der Waals surface area contributed by atoms with Crippen LogP contribution in [0.2, 0.25) is 0 Å².